The lowest BCUT2D eigenvalue weighted by Gasteiger charge is -2.26. The lowest BCUT2D eigenvalue weighted by atomic mass is 10.1. The number of aromatic nitrogens is 3. The highest BCUT2D eigenvalue weighted by atomic mass is 35.5. The molecule has 2 aliphatic rings. The van der Waals surface area contributed by atoms with E-state index in [9.17, 15) is 14.0 Å². The van der Waals surface area contributed by atoms with E-state index >= 15 is 0 Å². The molecule has 2 fully saturated rings. The van der Waals surface area contributed by atoms with E-state index in [4.69, 9.17) is 16.6 Å². The zero-order valence-electron chi connectivity index (χ0n) is 21.4. The normalized spacial score (nSPS) is 20.8. The number of carbonyl (C=O) groups excluding carboxylic acids is 2. The first-order chi connectivity index (χ1) is 18.4. The predicted octanol–water partition coefficient (Wildman–Crippen LogP) is 4.80. The number of anilines is 1. The van der Waals surface area contributed by atoms with E-state index in [1.165, 1.54) is 0 Å². The molecular formula is C28H32ClFN6O2. The van der Waals surface area contributed by atoms with Crippen LogP contribution in [0.25, 0.3) is 11.0 Å². The summed E-state index contributed by atoms with van der Waals surface area (Å²) in [5.41, 5.74) is 2.65. The van der Waals surface area contributed by atoms with Gasteiger partial charge < -0.3 is 9.47 Å². The van der Waals surface area contributed by atoms with Gasteiger partial charge in [-0.2, -0.15) is 0 Å². The molecule has 2 atom stereocenters. The van der Waals surface area contributed by atoms with Crippen LogP contribution in [0.5, 0.6) is 0 Å². The van der Waals surface area contributed by atoms with Gasteiger partial charge in [-0.15, -0.1) is 0 Å². The number of imidazole rings is 1. The highest BCUT2D eigenvalue weighted by Gasteiger charge is 2.28. The number of aryl methyl sites for hydroxylation is 1. The van der Waals surface area contributed by atoms with E-state index in [0.29, 0.717) is 61.2 Å². The molecule has 5 rings (SSSR count). The van der Waals surface area contributed by atoms with E-state index in [1.54, 1.807) is 24.4 Å². The number of hydrogen-bond donors (Lipinski definition) is 1. The summed E-state index contributed by atoms with van der Waals surface area (Å²) in [5, 5.41) is 3.51. The lowest BCUT2D eigenvalue weighted by molar-refractivity contribution is -0.126. The molecule has 0 spiro atoms. The van der Waals surface area contributed by atoms with Gasteiger partial charge in [0.2, 0.25) is 11.9 Å². The summed E-state index contributed by atoms with van der Waals surface area (Å²) in [6.45, 7) is 4.65. The Kier molecular flexibility index (Phi) is 8.04. The molecule has 10 heteroatoms. The van der Waals surface area contributed by atoms with Gasteiger partial charge >= 0.3 is 0 Å². The summed E-state index contributed by atoms with van der Waals surface area (Å²) in [7, 11) is 0. The van der Waals surface area contributed by atoms with Gasteiger partial charge in [0.1, 0.15) is 6.17 Å². The minimum atomic E-state index is -0.778. The van der Waals surface area contributed by atoms with Crippen molar-refractivity contribution in [2.24, 2.45) is 0 Å². The highest BCUT2D eigenvalue weighted by Crippen LogP contribution is 2.34. The van der Waals surface area contributed by atoms with Gasteiger partial charge in [-0.3, -0.25) is 24.8 Å². The number of halogens is 2. The third-order valence-corrected chi connectivity index (χ3v) is 7.51. The molecule has 0 aliphatic carbocycles. The molecule has 8 nitrogen and oxygen atoms in total. The van der Waals surface area contributed by atoms with Crippen molar-refractivity contribution in [3.05, 3.63) is 65.0 Å². The Balaban J connectivity index is 1.39. The van der Waals surface area contributed by atoms with Crippen molar-refractivity contribution in [1.82, 2.24) is 24.3 Å². The molecule has 4 heterocycles. The Morgan fingerprint density at radius 1 is 1.18 bits per heavy atom. The van der Waals surface area contributed by atoms with Gasteiger partial charge in [-0.25, -0.2) is 9.37 Å². The Bertz CT molecular complexity index is 1360. The first-order valence-electron chi connectivity index (χ1n) is 13.1. The first kappa shape index (κ1) is 26.3. The fourth-order valence-electron chi connectivity index (χ4n) is 5.30. The number of likely N-dealkylation sites (tertiary alicyclic amines) is 2. The number of pyridine rings is 1. The molecule has 3 aromatic rings. The number of hydrogen-bond acceptors (Lipinski definition) is 5. The molecule has 0 unspecified atom stereocenters. The van der Waals surface area contributed by atoms with Gasteiger partial charge in [0.05, 0.1) is 22.1 Å². The van der Waals surface area contributed by atoms with Gasteiger partial charge in [0.25, 0.3) is 5.91 Å². The lowest BCUT2D eigenvalue weighted by Crippen LogP contribution is -2.35. The number of amides is 2. The molecule has 2 aliphatic heterocycles. The molecule has 2 amide bonds. The fraction of sp³-hybridized carbons (Fsp3) is 0.429. The van der Waals surface area contributed by atoms with E-state index < -0.39 is 6.17 Å². The van der Waals surface area contributed by atoms with Crippen molar-refractivity contribution in [3.63, 3.8) is 0 Å². The zero-order chi connectivity index (χ0) is 26.6. The van der Waals surface area contributed by atoms with Crippen LogP contribution < -0.4 is 5.32 Å². The molecule has 38 heavy (non-hydrogen) atoms. The maximum atomic E-state index is 13.5. The monoisotopic (exact) mass is 538 g/mol. The second-order valence-corrected chi connectivity index (χ2v) is 10.4. The second kappa shape index (κ2) is 11.6. The molecule has 2 saturated heterocycles. The van der Waals surface area contributed by atoms with Crippen LogP contribution in [0.2, 0.25) is 5.02 Å². The molecule has 2 aromatic heterocycles. The van der Waals surface area contributed by atoms with Gasteiger partial charge in [-0.1, -0.05) is 23.7 Å². The van der Waals surface area contributed by atoms with E-state index in [0.717, 1.165) is 30.5 Å². The third-order valence-electron chi connectivity index (χ3n) is 7.21. The van der Waals surface area contributed by atoms with E-state index in [1.807, 2.05) is 45.6 Å². The van der Waals surface area contributed by atoms with Crippen LogP contribution in [0.3, 0.4) is 0 Å². The van der Waals surface area contributed by atoms with Crippen LogP contribution in [-0.4, -0.2) is 75.0 Å². The zero-order valence-corrected chi connectivity index (χ0v) is 22.2. The van der Waals surface area contributed by atoms with Crippen LogP contribution in [0.1, 0.15) is 47.8 Å². The van der Waals surface area contributed by atoms with Crippen LogP contribution >= 0.6 is 11.6 Å². The smallest absolute Gasteiger partial charge is 0.258 e. The number of nitrogens with one attached hydrogen (secondary N) is 1. The summed E-state index contributed by atoms with van der Waals surface area (Å²) in [6.07, 6.45) is 7.41. The number of alkyl halides is 1. The maximum Gasteiger partial charge on any atom is 0.258 e. The number of benzene rings is 1. The molecule has 0 radical (unpaired) electrons. The van der Waals surface area contributed by atoms with Crippen LogP contribution in [0, 0.1) is 6.92 Å². The number of fused-ring (bicyclic) bond motifs is 1. The summed E-state index contributed by atoms with van der Waals surface area (Å²) >= 11 is 6.64. The predicted molar refractivity (Wildman–Crippen MR) is 146 cm³/mol. The van der Waals surface area contributed by atoms with Gasteiger partial charge in [-0.05, 0) is 56.9 Å². The number of nitrogens with zero attached hydrogens (tertiary/aromatic N) is 5. The van der Waals surface area contributed by atoms with Crippen molar-refractivity contribution in [1.29, 1.82) is 0 Å². The van der Waals surface area contributed by atoms with E-state index in [2.05, 4.69) is 10.3 Å². The van der Waals surface area contributed by atoms with Gasteiger partial charge in [0, 0.05) is 56.3 Å². The average molecular weight is 539 g/mol. The highest BCUT2D eigenvalue weighted by molar-refractivity contribution is 6.35. The molecule has 1 N–H and O–H groups in total. The summed E-state index contributed by atoms with van der Waals surface area (Å²) < 4.78 is 15.4. The fourth-order valence-corrected chi connectivity index (χ4v) is 5.56. The van der Waals surface area contributed by atoms with Crippen molar-refractivity contribution >= 4 is 40.4 Å². The minimum absolute atomic E-state index is 0.0683. The van der Waals surface area contributed by atoms with Crippen LogP contribution in [0.4, 0.5) is 10.3 Å². The number of rotatable bonds is 6. The Labute approximate surface area is 226 Å². The quantitative estimate of drug-likeness (QED) is 0.456. The second-order valence-electron chi connectivity index (χ2n) is 10.0. The van der Waals surface area contributed by atoms with Crippen molar-refractivity contribution in [2.75, 3.05) is 38.0 Å². The SMILES string of the molecule is Cc1cc(C(=O)Nc2nc3cccc(Cl)c3n2[C@@H]2CCCCN(C(=O)C=CCN3CC[C@H](F)C3)C2)ccn1. The molecular weight excluding hydrogens is 507 g/mol. The third kappa shape index (κ3) is 5.89. The molecule has 0 saturated carbocycles. The topological polar surface area (TPSA) is 83.4 Å². The van der Waals surface area contributed by atoms with Crippen molar-refractivity contribution < 1.29 is 14.0 Å². The molecule has 1 aromatic carbocycles. The average Bonchev–Trinajstić information content (AvgIpc) is 3.38. The Morgan fingerprint density at radius 2 is 2.05 bits per heavy atom. The summed E-state index contributed by atoms with van der Waals surface area (Å²) in [6, 6.07) is 8.77. The van der Waals surface area contributed by atoms with Crippen molar-refractivity contribution in [2.45, 2.75) is 44.8 Å². The summed E-state index contributed by atoms with van der Waals surface area (Å²) in [5.74, 6) is 0.0450. The van der Waals surface area contributed by atoms with Crippen molar-refractivity contribution in [3.8, 4) is 0 Å². The number of carbonyl (C=O) groups is 2. The van der Waals surface area contributed by atoms with Gasteiger partial charge in [0.15, 0.2) is 0 Å². The molecule has 0 bridgehead atoms. The first-order valence-corrected chi connectivity index (χ1v) is 13.5. The Morgan fingerprint density at radius 3 is 2.84 bits per heavy atom. The standard InChI is InChI=1S/C28H32ClFN6O2/c1-19-16-20(10-12-31-19)27(38)33-28-32-24-8-4-7-23(29)26(24)36(28)22-6-2-3-14-35(18-22)25(37)9-5-13-34-15-11-21(30)17-34/h4-5,7-10,12,16,21-22H,2-3,6,11,13-15,17-18H2,1H3,(H,32,33,38)/t21-,22+/m0/s1. The van der Waals surface area contributed by atoms with E-state index in [-0.39, 0.29) is 17.9 Å². The minimum Gasteiger partial charge on any atom is -0.337 e. The number of para-hydroxylation sites is 1. The molecule has 200 valence electrons. The van der Waals surface area contributed by atoms with Crippen LogP contribution in [0.15, 0.2) is 48.7 Å². The van der Waals surface area contributed by atoms with Crippen LogP contribution in [-0.2, 0) is 4.79 Å². The summed E-state index contributed by atoms with van der Waals surface area (Å²) in [4.78, 5) is 39.0. The largest absolute Gasteiger partial charge is 0.337 e. The maximum absolute atomic E-state index is 13.5. The Hall–Kier alpha value is -3.30.